The molecule has 0 bridgehead atoms. The zero-order chi connectivity index (χ0) is 22.0. The molecule has 0 aliphatic rings. The maximum Gasteiger partial charge on any atom is 0.326 e. The van der Waals surface area contributed by atoms with Gasteiger partial charge in [0.05, 0.1) is 0 Å². The first-order valence-electron chi connectivity index (χ1n) is 11.8. The van der Waals surface area contributed by atoms with Gasteiger partial charge in [-0.25, -0.2) is 9.18 Å². The topological polar surface area (TPSA) is 66.4 Å². The van der Waals surface area contributed by atoms with Gasteiger partial charge < -0.3 is 10.4 Å². The minimum absolute atomic E-state index is 0.0808. The SMILES string of the molecule is CCCCCCCCCCCCCCCC(=O)N[C@@H](Cc1cccc(F)c1)C(=O)O. The summed E-state index contributed by atoms with van der Waals surface area (Å²) in [6.07, 6.45) is 16.5. The van der Waals surface area contributed by atoms with Crippen molar-refractivity contribution in [3.63, 3.8) is 0 Å². The van der Waals surface area contributed by atoms with E-state index in [1.54, 1.807) is 12.1 Å². The first kappa shape index (κ1) is 26.1. The van der Waals surface area contributed by atoms with E-state index in [1.807, 2.05) is 0 Å². The van der Waals surface area contributed by atoms with Crippen molar-refractivity contribution in [2.45, 2.75) is 109 Å². The Kier molecular flexibility index (Phi) is 14.7. The summed E-state index contributed by atoms with van der Waals surface area (Å²) in [6.45, 7) is 2.24. The van der Waals surface area contributed by atoms with Crippen molar-refractivity contribution in [2.24, 2.45) is 0 Å². The predicted molar refractivity (Wildman–Crippen MR) is 120 cm³/mol. The number of amides is 1. The van der Waals surface area contributed by atoms with Gasteiger partial charge in [0.25, 0.3) is 0 Å². The molecule has 0 aromatic heterocycles. The molecule has 0 saturated carbocycles. The van der Waals surface area contributed by atoms with Crippen LogP contribution in [0, 0.1) is 5.82 Å². The molecule has 0 unspecified atom stereocenters. The third-order valence-electron chi connectivity index (χ3n) is 5.47. The summed E-state index contributed by atoms with van der Waals surface area (Å²) in [6, 6.07) is 4.79. The van der Waals surface area contributed by atoms with Gasteiger partial charge in [-0.1, -0.05) is 96.1 Å². The fourth-order valence-corrected chi connectivity index (χ4v) is 3.67. The highest BCUT2D eigenvalue weighted by molar-refractivity contribution is 5.83. The number of hydrogen-bond donors (Lipinski definition) is 2. The molecule has 1 aromatic rings. The molecule has 2 N–H and O–H groups in total. The van der Waals surface area contributed by atoms with E-state index in [2.05, 4.69) is 12.2 Å². The fourth-order valence-electron chi connectivity index (χ4n) is 3.67. The first-order chi connectivity index (χ1) is 14.5. The standard InChI is InChI=1S/C25H40FNO3/c1-2-3-4-5-6-7-8-9-10-11-12-13-14-18-24(28)27-23(25(29)30)20-21-16-15-17-22(26)19-21/h15-17,19,23H,2-14,18,20H2,1H3,(H,27,28)(H,29,30)/t23-/m0/s1. The smallest absolute Gasteiger partial charge is 0.326 e. The molecular weight excluding hydrogens is 381 g/mol. The molecule has 0 spiro atoms. The van der Waals surface area contributed by atoms with Crippen molar-refractivity contribution in [3.8, 4) is 0 Å². The van der Waals surface area contributed by atoms with Gasteiger partial charge in [0.15, 0.2) is 0 Å². The molecular formula is C25H40FNO3. The van der Waals surface area contributed by atoms with E-state index in [9.17, 15) is 19.1 Å². The van der Waals surface area contributed by atoms with Gasteiger partial charge in [-0.2, -0.15) is 0 Å². The van der Waals surface area contributed by atoms with Crippen LogP contribution < -0.4 is 5.32 Å². The Labute approximate surface area is 181 Å². The van der Waals surface area contributed by atoms with Crippen LogP contribution in [0.1, 0.15) is 102 Å². The minimum atomic E-state index is -1.10. The van der Waals surface area contributed by atoms with Gasteiger partial charge in [-0.3, -0.25) is 4.79 Å². The molecule has 0 saturated heterocycles. The van der Waals surface area contributed by atoms with E-state index in [4.69, 9.17) is 0 Å². The molecule has 1 aromatic carbocycles. The van der Waals surface area contributed by atoms with Gasteiger partial charge in [0, 0.05) is 12.8 Å². The monoisotopic (exact) mass is 421 g/mol. The normalized spacial score (nSPS) is 11.9. The molecule has 0 aliphatic heterocycles. The van der Waals surface area contributed by atoms with Crippen molar-refractivity contribution in [3.05, 3.63) is 35.6 Å². The van der Waals surface area contributed by atoms with E-state index >= 15 is 0 Å². The Balaban J connectivity index is 2.05. The van der Waals surface area contributed by atoms with Crippen molar-refractivity contribution in [1.82, 2.24) is 5.32 Å². The average Bonchev–Trinajstić information content (AvgIpc) is 2.71. The van der Waals surface area contributed by atoms with Crippen LogP contribution in [0.5, 0.6) is 0 Å². The second kappa shape index (κ2) is 16.8. The molecule has 0 fully saturated rings. The van der Waals surface area contributed by atoms with Crippen molar-refractivity contribution in [2.75, 3.05) is 0 Å². The number of nitrogens with one attached hydrogen (secondary N) is 1. The highest BCUT2D eigenvalue weighted by atomic mass is 19.1. The molecule has 0 radical (unpaired) electrons. The lowest BCUT2D eigenvalue weighted by atomic mass is 10.0. The summed E-state index contributed by atoms with van der Waals surface area (Å²) in [5.41, 5.74) is 0.559. The maximum absolute atomic E-state index is 13.3. The van der Waals surface area contributed by atoms with E-state index in [0.29, 0.717) is 12.0 Å². The minimum Gasteiger partial charge on any atom is -0.480 e. The highest BCUT2D eigenvalue weighted by Gasteiger charge is 2.20. The molecule has 1 amide bonds. The van der Waals surface area contributed by atoms with Crippen molar-refractivity contribution in [1.29, 1.82) is 0 Å². The Morgan fingerprint density at radius 3 is 1.93 bits per heavy atom. The number of carboxylic acids is 1. The number of carboxylic acid groups (broad SMARTS) is 1. The fraction of sp³-hybridized carbons (Fsp3) is 0.680. The molecule has 4 nitrogen and oxygen atoms in total. The molecule has 1 rings (SSSR count). The van der Waals surface area contributed by atoms with Crippen LogP contribution >= 0.6 is 0 Å². The van der Waals surface area contributed by atoms with Crippen LogP contribution in [-0.4, -0.2) is 23.0 Å². The molecule has 0 aliphatic carbocycles. The summed E-state index contributed by atoms with van der Waals surface area (Å²) in [5.74, 6) is -1.75. The lowest BCUT2D eigenvalue weighted by Crippen LogP contribution is -2.42. The Morgan fingerprint density at radius 2 is 1.43 bits per heavy atom. The summed E-state index contributed by atoms with van der Waals surface area (Å²) in [5, 5.41) is 11.9. The average molecular weight is 422 g/mol. The number of aliphatic carboxylic acids is 1. The summed E-state index contributed by atoms with van der Waals surface area (Å²) < 4.78 is 13.3. The number of hydrogen-bond acceptors (Lipinski definition) is 2. The first-order valence-corrected chi connectivity index (χ1v) is 11.8. The Morgan fingerprint density at radius 1 is 0.900 bits per heavy atom. The predicted octanol–water partition coefficient (Wildman–Crippen LogP) is 6.42. The molecule has 5 heteroatoms. The quantitative estimate of drug-likeness (QED) is 0.269. The molecule has 30 heavy (non-hydrogen) atoms. The molecule has 170 valence electrons. The number of unbranched alkanes of at least 4 members (excludes halogenated alkanes) is 12. The van der Waals surface area contributed by atoms with Gasteiger partial charge in [-0.15, -0.1) is 0 Å². The summed E-state index contributed by atoms with van der Waals surface area (Å²) in [7, 11) is 0. The van der Waals surface area contributed by atoms with Gasteiger partial charge in [0.2, 0.25) is 5.91 Å². The second-order valence-corrected chi connectivity index (χ2v) is 8.29. The third-order valence-corrected chi connectivity index (χ3v) is 5.47. The molecule has 1 atom stereocenters. The number of rotatable bonds is 18. The van der Waals surface area contributed by atoms with E-state index < -0.39 is 17.8 Å². The second-order valence-electron chi connectivity index (χ2n) is 8.29. The van der Waals surface area contributed by atoms with E-state index in [1.165, 1.54) is 76.3 Å². The van der Waals surface area contributed by atoms with Gasteiger partial charge in [-0.05, 0) is 24.1 Å². The van der Waals surface area contributed by atoms with Crippen LogP contribution in [0.15, 0.2) is 24.3 Å². The van der Waals surface area contributed by atoms with Gasteiger partial charge >= 0.3 is 5.97 Å². The zero-order valence-corrected chi connectivity index (χ0v) is 18.6. The number of carbonyl (C=O) groups excluding carboxylic acids is 1. The third kappa shape index (κ3) is 13.3. The Bertz CT molecular complexity index is 606. The number of halogens is 1. The largest absolute Gasteiger partial charge is 0.480 e. The molecule has 0 heterocycles. The Hall–Kier alpha value is -1.91. The van der Waals surface area contributed by atoms with Crippen LogP contribution in [0.4, 0.5) is 4.39 Å². The van der Waals surface area contributed by atoms with Crippen LogP contribution in [0.25, 0.3) is 0 Å². The lowest BCUT2D eigenvalue weighted by Gasteiger charge is -2.14. The van der Waals surface area contributed by atoms with E-state index in [-0.39, 0.29) is 12.3 Å². The maximum atomic E-state index is 13.3. The van der Waals surface area contributed by atoms with Crippen LogP contribution in [0.2, 0.25) is 0 Å². The lowest BCUT2D eigenvalue weighted by molar-refractivity contribution is -0.141. The number of benzene rings is 1. The van der Waals surface area contributed by atoms with Gasteiger partial charge in [0.1, 0.15) is 11.9 Å². The van der Waals surface area contributed by atoms with Crippen LogP contribution in [0.3, 0.4) is 0 Å². The highest BCUT2D eigenvalue weighted by Crippen LogP contribution is 2.13. The van der Waals surface area contributed by atoms with Crippen molar-refractivity contribution < 1.29 is 19.1 Å². The summed E-state index contributed by atoms with van der Waals surface area (Å²) in [4.78, 5) is 23.5. The van der Waals surface area contributed by atoms with Crippen molar-refractivity contribution >= 4 is 11.9 Å². The number of carbonyl (C=O) groups is 2. The van der Waals surface area contributed by atoms with E-state index in [0.717, 1.165) is 19.3 Å². The van der Waals surface area contributed by atoms with Crippen LogP contribution in [-0.2, 0) is 16.0 Å². The summed E-state index contributed by atoms with van der Waals surface area (Å²) >= 11 is 0. The zero-order valence-electron chi connectivity index (χ0n) is 18.6.